The summed E-state index contributed by atoms with van der Waals surface area (Å²) in [6.07, 6.45) is 0. The fourth-order valence-electron chi connectivity index (χ4n) is 4.86. The Morgan fingerprint density at radius 1 is 0.593 bits per heavy atom. The number of aryl methyl sites for hydroxylation is 1. The highest BCUT2D eigenvalue weighted by Gasteiger charge is 2.30. The third-order valence-electron chi connectivity index (χ3n) is 6.09. The zero-order valence-corrected chi connectivity index (χ0v) is 15.2. The molecule has 0 saturated carbocycles. The van der Waals surface area contributed by atoms with Crippen molar-refractivity contribution in [2.24, 2.45) is 7.05 Å². The van der Waals surface area contributed by atoms with Gasteiger partial charge in [-0.25, -0.2) is 0 Å². The van der Waals surface area contributed by atoms with Crippen LogP contribution in [0.5, 0.6) is 0 Å². The highest BCUT2D eigenvalue weighted by atomic mass is 14.9. The first-order chi connectivity index (χ1) is 13.3. The number of hydrogen-bond donors (Lipinski definition) is 0. The van der Waals surface area contributed by atoms with E-state index in [1.807, 2.05) is 0 Å². The maximum atomic E-state index is 2.42. The van der Waals surface area contributed by atoms with Gasteiger partial charge in [-0.3, -0.25) is 0 Å². The van der Waals surface area contributed by atoms with E-state index in [1.54, 1.807) is 0 Å². The molecular weight excluding hydrogens is 326 g/mol. The van der Waals surface area contributed by atoms with Crippen LogP contribution >= 0.6 is 0 Å². The predicted molar refractivity (Wildman–Crippen MR) is 113 cm³/mol. The van der Waals surface area contributed by atoms with E-state index >= 15 is 0 Å². The SMILES string of the molecule is Cn1c2ccccc2c2cc3c(cc21)C(c1ccccc1)c1ccccc1-3. The Hall–Kier alpha value is -3.32. The summed E-state index contributed by atoms with van der Waals surface area (Å²) in [4.78, 5) is 0. The summed E-state index contributed by atoms with van der Waals surface area (Å²) in [5.41, 5.74) is 9.55. The van der Waals surface area contributed by atoms with Crippen molar-refractivity contribution in [3.8, 4) is 11.1 Å². The van der Waals surface area contributed by atoms with Crippen LogP contribution in [0, 0.1) is 0 Å². The summed E-state index contributed by atoms with van der Waals surface area (Å²) < 4.78 is 2.33. The van der Waals surface area contributed by atoms with Gasteiger partial charge in [0.15, 0.2) is 0 Å². The molecular formula is C26H19N. The van der Waals surface area contributed by atoms with Crippen molar-refractivity contribution in [1.82, 2.24) is 4.57 Å². The minimum atomic E-state index is 0.305. The Bertz CT molecular complexity index is 1320. The van der Waals surface area contributed by atoms with Crippen LogP contribution in [0.4, 0.5) is 0 Å². The van der Waals surface area contributed by atoms with Gasteiger partial charge in [0.1, 0.15) is 0 Å². The van der Waals surface area contributed by atoms with Crippen molar-refractivity contribution < 1.29 is 0 Å². The first kappa shape index (κ1) is 14.8. The van der Waals surface area contributed by atoms with E-state index in [-0.39, 0.29) is 0 Å². The molecule has 6 rings (SSSR count). The molecule has 0 N–H and O–H groups in total. The molecule has 4 aromatic carbocycles. The summed E-state index contributed by atoms with van der Waals surface area (Å²) in [5, 5.41) is 2.67. The number of aromatic nitrogens is 1. The quantitative estimate of drug-likeness (QED) is 0.321. The van der Waals surface area contributed by atoms with Crippen molar-refractivity contribution in [3.05, 3.63) is 108 Å². The molecule has 1 aliphatic carbocycles. The van der Waals surface area contributed by atoms with E-state index in [0.717, 1.165) is 0 Å². The molecule has 1 heteroatoms. The van der Waals surface area contributed by atoms with Crippen LogP contribution in [-0.2, 0) is 7.05 Å². The van der Waals surface area contributed by atoms with Gasteiger partial charge in [0.2, 0.25) is 0 Å². The highest BCUT2D eigenvalue weighted by molar-refractivity contribution is 6.10. The number of rotatable bonds is 1. The lowest BCUT2D eigenvalue weighted by molar-refractivity contribution is 0.994. The van der Waals surface area contributed by atoms with Crippen molar-refractivity contribution in [2.75, 3.05) is 0 Å². The summed E-state index contributed by atoms with van der Waals surface area (Å²) in [6.45, 7) is 0. The maximum Gasteiger partial charge on any atom is 0.0492 e. The predicted octanol–water partition coefficient (Wildman–Crippen LogP) is 6.49. The van der Waals surface area contributed by atoms with Crippen LogP contribution < -0.4 is 0 Å². The lowest BCUT2D eigenvalue weighted by Gasteiger charge is -2.14. The Kier molecular flexibility index (Phi) is 2.93. The van der Waals surface area contributed by atoms with E-state index in [1.165, 1.54) is 49.6 Å². The van der Waals surface area contributed by atoms with Gasteiger partial charge in [-0.05, 0) is 46.0 Å². The average Bonchev–Trinajstić information content (AvgIpc) is 3.20. The molecule has 0 bridgehead atoms. The minimum Gasteiger partial charge on any atom is -0.344 e. The first-order valence-electron chi connectivity index (χ1n) is 9.48. The summed E-state index contributed by atoms with van der Waals surface area (Å²) >= 11 is 0. The summed E-state index contributed by atoms with van der Waals surface area (Å²) in [6, 6.07) is 33.3. The van der Waals surface area contributed by atoms with E-state index in [4.69, 9.17) is 0 Å². The van der Waals surface area contributed by atoms with Crippen LogP contribution in [0.1, 0.15) is 22.6 Å². The Balaban J connectivity index is 1.74. The zero-order chi connectivity index (χ0) is 18.0. The fraction of sp³-hybridized carbons (Fsp3) is 0.0769. The van der Waals surface area contributed by atoms with Crippen LogP contribution in [0.25, 0.3) is 32.9 Å². The normalized spacial score (nSPS) is 15.2. The molecule has 1 aromatic heterocycles. The van der Waals surface area contributed by atoms with Crippen LogP contribution in [0.3, 0.4) is 0 Å². The van der Waals surface area contributed by atoms with Crippen molar-refractivity contribution in [3.63, 3.8) is 0 Å². The summed E-state index contributed by atoms with van der Waals surface area (Å²) in [7, 11) is 2.18. The van der Waals surface area contributed by atoms with Gasteiger partial charge >= 0.3 is 0 Å². The number of para-hydroxylation sites is 1. The number of benzene rings is 4. The molecule has 1 aliphatic rings. The number of fused-ring (bicyclic) bond motifs is 6. The van der Waals surface area contributed by atoms with E-state index < -0.39 is 0 Å². The van der Waals surface area contributed by atoms with E-state index in [0.29, 0.717) is 5.92 Å². The third-order valence-corrected chi connectivity index (χ3v) is 6.09. The molecule has 1 nitrogen and oxygen atoms in total. The van der Waals surface area contributed by atoms with Gasteiger partial charge in [-0.2, -0.15) is 0 Å². The average molecular weight is 345 g/mol. The molecule has 1 heterocycles. The van der Waals surface area contributed by atoms with Gasteiger partial charge in [0, 0.05) is 34.8 Å². The molecule has 1 atom stereocenters. The highest BCUT2D eigenvalue weighted by Crippen LogP contribution is 2.49. The van der Waals surface area contributed by atoms with E-state index in [9.17, 15) is 0 Å². The number of nitrogens with zero attached hydrogens (tertiary/aromatic N) is 1. The molecule has 128 valence electrons. The zero-order valence-electron chi connectivity index (χ0n) is 15.2. The second-order valence-electron chi connectivity index (χ2n) is 7.46. The Morgan fingerprint density at radius 3 is 2.22 bits per heavy atom. The van der Waals surface area contributed by atoms with Crippen molar-refractivity contribution in [1.29, 1.82) is 0 Å². The van der Waals surface area contributed by atoms with Gasteiger partial charge in [0.05, 0.1) is 0 Å². The number of hydrogen-bond acceptors (Lipinski definition) is 0. The van der Waals surface area contributed by atoms with Crippen LogP contribution in [0.15, 0.2) is 91.0 Å². The maximum absolute atomic E-state index is 2.42. The second-order valence-corrected chi connectivity index (χ2v) is 7.46. The molecule has 0 fully saturated rings. The molecule has 0 amide bonds. The molecule has 0 spiro atoms. The van der Waals surface area contributed by atoms with Crippen LogP contribution in [0.2, 0.25) is 0 Å². The summed E-state index contributed by atoms with van der Waals surface area (Å²) in [5.74, 6) is 0.305. The molecule has 0 aliphatic heterocycles. The Morgan fingerprint density at radius 2 is 1.33 bits per heavy atom. The van der Waals surface area contributed by atoms with Gasteiger partial charge < -0.3 is 4.57 Å². The molecule has 0 saturated heterocycles. The second kappa shape index (κ2) is 5.34. The van der Waals surface area contributed by atoms with Gasteiger partial charge in [-0.15, -0.1) is 0 Å². The molecule has 5 aromatic rings. The van der Waals surface area contributed by atoms with Crippen molar-refractivity contribution >= 4 is 21.8 Å². The van der Waals surface area contributed by atoms with Crippen LogP contribution in [-0.4, -0.2) is 4.57 Å². The molecule has 0 radical (unpaired) electrons. The standard InChI is InChI=1S/C26H19N/c1-27-24-14-8-7-12-19(24)22-15-21-18-11-5-6-13-20(18)26(23(21)16-25(22)27)17-9-3-2-4-10-17/h2-16,26H,1H3. The largest absolute Gasteiger partial charge is 0.344 e. The molecule has 1 unspecified atom stereocenters. The third kappa shape index (κ3) is 1.94. The van der Waals surface area contributed by atoms with E-state index in [2.05, 4.69) is 103 Å². The topological polar surface area (TPSA) is 4.93 Å². The lowest BCUT2D eigenvalue weighted by atomic mass is 9.89. The lowest BCUT2D eigenvalue weighted by Crippen LogP contribution is -1.99. The molecule has 27 heavy (non-hydrogen) atoms. The monoisotopic (exact) mass is 345 g/mol. The minimum absolute atomic E-state index is 0.305. The fourth-order valence-corrected chi connectivity index (χ4v) is 4.86. The first-order valence-corrected chi connectivity index (χ1v) is 9.48. The Labute approximate surface area is 158 Å². The van der Waals surface area contributed by atoms with Gasteiger partial charge in [0.25, 0.3) is 0 Å². The smallest absolute Gasteiger partial charge is 0.0492 e. The van der Waals surface area contributed by atoms with Gasteiger partial charge in [-0.1, -0.05) is 72.8 Å². The van der Waals surface area contributed by atoms with Crippen molar-refractivity contribution in [2.45, 2.75) is 5.92 Å².